The molecule has 0 aliphatic heterocycles. The molecule has 0 amide bonds. The van der Waals surface area contributed by atoms with Crippen LogP contribution in [0.25, 0.3) is 16.2 Å². The molecular formula is C15H15Cl2N7O4S. The Labute approximate surface area is 179 Å². The van der Waals surface area contributed by atoms with Crippen molar-refractivity contribution in [3.05, 3.63) is 38.5 Å². The van der Waals surface area contributed by atoms with Crippen LogP contribution in [0.15, 0.2) is 23.3 Å². The number of aromatic nitrogens is 2. The third-order valence-electron chi connectivity index (χ3n) is 3.73. The number of hydrogen-bond acceptors (Lipinski definition) is 7. The Morgan fingerprint density at radius 1 is 1.34 bits per heavy atom. The number of nitro benzene ring substituents is 1. The minimum atomic E-state index is -0.580. The first-order valence-electron chi connectivity index (χ1n) is 7.53. The average molecular weight is 460 g/mol. The summed E-state index contributed by atoms with van der Waals surface area (Å²) in [4.78, 5) is 19.5. The number of imidazole rings is 1. The summed E-state index contributed by atoms with van der Waals surface area (Å²) in [6.07, 6.45) is 1.59. The predicted molar refractivity (Wildman–Crippen MR) is 113 cm³/mol. The van der Waals surface area contributed by atoms with Gasteiger partial charge in [-0.1, -0.05) is 22.9 Å². The maximum atomic E-state index is 11.3. The number of halogens is 2. The number of fused-ring (bicyclic) bond motifs is 1. The first-order chi connectivity index (χ1) is 13.3. The van der Waals surface area contributed by atoms with Crippen molar-refractivity contribution in [2.45, 2.75) is 0 Å². The molecule has 0 bridgehead atoms. The number of thiazole rings is 1. The van der Waals surface area contributed by atoms with E-state index in [2.05, 4.69) is 9.98 Å². The van der Waals surface area contributed by atoms with Gasteiger partial charge >= 0.3 is 5.69 Å². The van der Waals surface area contributed by atoms with E-state index in [4.69, 9.17) is 38.0 Å². The third kappa shape index (κ3) is 4.04. The van der Waals surface area contributed by atoms with E-state index >= 15 is 0 Å². The molecule has 3 aromatic rings. The summed E-state index contributed by atoms with van der Waals surface area (Å²) in [6.45, 7) is 0. The van der Waals surface area contributed by atoms with Crippen LogP contribution in [-0.4, -0.2) is 40.3 Å². The fourth-order valence-corrected chi connectivity index (χ4v) is 3.66. The molecule has 2 heterocycles. The van der Waals surface area contributed by atoms with E-state index < -0.39 is 10.9 Å². The van der Waals surface area contributed by atoms with Crippen molar-refractivity contribution >= 4 is 57.8 Å². The lowest BCUT2D eigenvalue weighted by atomic mass is 10.1. The van der Waals surface area contributed by atoms with Crippen molar-refractivity contribution in [2.24, 2.45) is 16.5 Å². The van der Waals surface area contributed by atoms with Crippen molar-refractivity contribution in [2.75, 3.05) is 14.2 Å². The van der Waals surface area contributed by atoms with Crippen LogP contribution in [0.4, 0.5) is 5.69 Å². The maximum absolute atomic E-state index is 11.3. The van der Waals surface area contributed by atoms with Crippen LogP contribution in [0, 0.1) is 15.5 Å². The zero-order chi connectivity index (χ0) is 20.6. The SMILES string of the molecule is COc1cc([N+](=O)[O-])c(OC)cc1-c1nc2sc(Cl)cn2c1/C(N)=N/C(=N)N.Cl. The van der Waals surface area contributed by atoms with Gasteiger partial charge in [-0.2, -0.15) is 4.99 Å². The van der Waals surface area contributed by atoms with E-state index in [0.29, 0.717) is 26.2 Å². The van der Waals surface area contributed by atoms with Crippen molar-refractivity contribution in [1.29, 1.82) is 5.41 Å². The van der Waals surface area contributed by atoms with Gasteiger partial charge in [-0.05, 0) is 0 Å². The summed E-state index contributed by atoms with van der Waals surface area (Å²) in [5.41, 5.74) is 12.1. The summed E-state index contributed by atoms with van der Waals surface area (Å²) < 4.78 is 12.5. The molecule has 29 heavy (non-hydrogen) atoms. The molecule has 2 aromatic heterocycles. The molecule has 5 N–H and O–H groups in total. The normalized spacial score (nSPS) is 11.2. The maximum Gasteiger partial charge on any atom is 0.314 e. The second-order valence-electron chi connectivity index (χ2n) is 5.36. The quantitative estimate of drug-likeness (QED) is 0.228. The van der Waals surface area contributed by atoms with Crippen LogP contribution in [0.3, 0.4) is 0 Å². The Kier molecular flexibility index (Phi) is 6.51. The monoisotopic (exact) mass is 459 g/mol. The number of hydrogen-bond donors (Lipinski definition) is 3. The van der Waals surface area contributed by atoms with E-state index in [1.54, 1.807) is 10.6 Å². The van der Waals surface area contributed by atoms with Crippen LogP contribution < -0.4 is 20.9 Å². The number of nitrogens with one attached hydrogen (secondary N) is 1. The molecule has 0 saturated carbocycles. The average Bonchev–Trinajstić information content (AvgIpc) is 3.15. The lowest BCUT2D eigenvalue weighted by molar-refractivity contribution is -0.385. The highest BCUT2D eigenvalue weighted by Crippen LogP contribution is 2.41. The fraction of sp³-hybridized carbons (Fsp3) is 0.133. The van der Waals surface area contributed by atoms with Gasteiger partial charge in [-0.15, -0.1) is 12.4 Å². The van der Waals surface area contributed by atoms with Gasteiger partial charge in [0.05, 0.1) is 25.2 Å². The largest absolute Gasteiger partial charge is 0.496 e. The molecule has 0 saturated heterocycles. The number of methoxy groups -OCH3 is 2. The van der Waals surface area contributed by atoms with Crippen LogP contribution in [-0.2, 0) is 0 Å². The van der Waals surface area contributed by atoms with E-state index in [0.717, 1.165) is 0 Å². The molecule has 0 spiro atoms. The Balaban J connectivity index is 0.00000300. The molecular weight excluding hydrogens is 445 g/mol. The first kappa shape index (κ1) is 22.2. The second-order valence-corrected chi connectivity index (χ2v) is 7.00. The van der Waals surface area contributed by atoms with E-state index in [1.807, 2.05) is 0 Å². The van der Waals surface area contributed by atoms with E-state index in [9.17, 15) is 10.1 Å². The van der Waals surface area contributed by atoms with Crippen molar-refractivity contribution in [1.82, 2.24) is 9.38 Å². The lowest BCUT2D eigenvalue weighted by Gasteiger charge is -2.11. The Hall–Kier alpha value is -3.09. The van der Waals surface area contributed by atoms with Gasteiger partial charge < -0.3 is 20.9 Å². The van der Waals surface area contributed by atoms with Crippen molar-refractivity contribution < 1.29 is 14.4 Å². The lowest BCUT2D eigenvalue weighted by Crippen LogP contribution is -2.21. The Morgan fingerprint density at radius 2 is 2.00 bits per heavy atom. The summed E-state index contributed by atoms with van der Waals surface area (Å²) in [6, 6.07) is 2.66. The number of guanidine groups is 1. The van der Waals surface area contributed by atoms with Crippen LogP contribution in [0.2, 0.25) is 4.34 Å². The van der Waals surface area contributed by atoms with E-state index in [1.165, 1.54) is 37.7 Å². The second kappa shape index (κ2) is 8.51. The summed E-state index contributed by atoms with van der Waals surface area (Å²) in [5.74, 6) is -0.374. The fourth-order valence-electron chi connectivity index (χ4n) is 2.64. The highest BCUT2D eigenvalue weighted by Gasteiger charge is 2.26. The van der Waals surface area contributed by atoms with Crippen LogP contribution in [0.5, 0.6) is 11.5 Å². The third-order valence-corrected chi connectivity index (χ3v) is 4.83. The highest BCUT2D eigenvalue weighted by atomic mass is 35.5. The summed E-state index contributed by atoms with van der Waals surface area (Å²) in [7, 11) is 2.69. The van der Waals surface area contributed by atoms with Crippen molar-refractivity contribution in [3.8, 4) is 22.8 Å². The molecule has 0 unspecified atom stereocenters. The Bertz CT molecular complexity index is 1140. The molecule has 0 atom stereocenters. The van der Waals surface area contributed by atoms with Gasteiger partial charge in [-0.3, -0.25) is 19.9 Å². The van der Waals surface area contributed by atoms with Gasteiger partial charge in [0.25, 0.3) is 0 Å². The molecule has 11 nitrogen and oxygen atoms in total. The minimum absolute atomic E-state index is 0. The van der Waals surface area contributed by atoms with Gasteiger partial charge in [0.2, 0.25) is 5.96 Å². The van der Waals surface area contributed by atoms with Gasteiger partial charge in [0.1, 0.15) is 21.5 Å². The number of nitrogens with two attached hydrogens (primary N) is 2. The number of aliphatic imine (C=N–C) groups is 1. The number of rotatable bonds is 5. The molecule has 0 aliphatic carbocycles. The number of amidine groups is 1. The summed E-state index contributed by atoms with van der Waals surface area (Å²) >= 11 is 7.25. The topological polar surface area (TPSA) is 167 Å². The number of benzene rings is 1. The van der Waals surface area contributed by atoms with Crippen LogP contribution >= 0.6 is 35.3 Å². The standard InChI is InChI=1S/C15H14ClN7O4S.ClH/c1-26-8-4-7(23(24)25)9(27-2)3-6(8)11-12(13(17)21-14(18)19)22-5-10(16)28-15(22)20-11;/h3-5H,1-2H3,(H5,17,18,19,21);1H. The molecule has 14 heteroatoms. The van der Waals surface area contributed by atoms with Gasteiger partial charge in [0.15, 0.2) is 16.5 Å². The Morgan fingerprint density at radius 3 is 2.55 bits per heavy atom. The molecule has 0 aliphatic rings. The molecule has 1 aromatic carbocycles. The minimum Gasteiger partial charge on any atom is -0.496 e. The first-order valence-corrected chi connectivity index (χ1v) is 8.73. The number of nitrogens with zero attached hydrogens (tertiary/aromatic N) is 4. The van der Waals surface area contributed by atoms with E-state index in [-0.39, 0.29) is 35.4 Å². The zero-order valence-corrected chi connectivity index (χ0v) is 17.4. The smallest absolute Gasteiger partial charge is 0.314 e. The predicted octanol–water partition coefficient (Wildman–Crippen LogP) is 2.66. The van der Waals surface area contributed by atoms with Crippen molar-refractivity contribution in [3.63, 3.8) is 0 Å². The molecule has 0 radical (unpaired) electrons. The molecule has 3 rings (SSSR count). The summed E-state index contributed by atoms with van der Waals surface area (Å²) in [5, 5.41) is 18.7. The molecule has 0 fully saturated rings. The number of ether oxygens (including phenoxy) is 2. The number of nitro groups is 1. The zero-order valence-electron chi connectivity index (χ0n) is 15.0. The van der Waals surface area contributed by atoms with Gasteiger partial charge in [0, 0.05) is 17.8 Å². The highest BCUT2D eigenvalue weighted by molar-refractivity contribution is 7.20. The molecule has 154 valence electrons. The van der Waals surface area contributed by atoms with Crippen LogP contribution in [0.1, 0.15) is 5.69 Å². The van der Waals surface area contributed by atoms with Gasteiger partial charge in [-0.25, -0.2) is 4.98 Å².